The van der Waals surface area contributed by atoms with Crippen molar-refractivity contribution in [1.82, 2.24) is 15.4 Å². The standard InChI is InChI=1S/C13H12N4O2/c1-8-10(7-15-19-8)12-16-17-13(18-12)11(14)9-5-3-2-4-6-9/h2-7,11H,14H2,1H3. The SMILES string of the molecule is Cc1oncc1-c1nnc(C(N)c2ccccc2)o1. The lowest BCUT2D eigenvalue weighted by Crippen LogP contribution is -2.11. The smallest absolute Gasteiger partial charge is 0.253 e. The van der Waals surface area contributed by atoms with Crippen molar-refractivity contribution in [2.24, 2.45) is 5.73 Å². The molecule has 0 fully saturated rings. The number of benzene rings is 1. The molecule has 0 saturated carbocycles. The van der Waals surface area contributed by atoms with Crippen LogP contribution >= 0.6 is 0 Å². The van der Waals surface area contributed by atoms with E-state index in [0.29, 0.717) is 23.1 Å². The van der Waals surface area contributed by atoms with Crippen molar-refractivity contribution in [2.45, 2.75) is 13.0 Å². The topological polar surface area (TPSA) is 91.0 Å². The monoisotopic (exact) mass is 256 g/mol. The summed E-state index contributed by atoms with van der Waals surface area (Å²) in [5.41, 5.74) is 7.68. The van der Waals surface area contributed by atoms with Gasteiger partial charge in [-0.15, -0.1) is 10.2 Å². The Labute approximate surface area is 109 Å². The Bertz CT molecular complexity index is 675. The van der Waals surface area contributed by atoms with Crippen molar-refractivity contribution in [1.29, 1.82) is 0 Å². The quantitative estimate of drug-likeness (QED) is 0.771. The summed E-state index contributed by atoms with van der Waals surface area (Å²) < 4.78 is 10.5. The molecule has 0 aliphatic rings. The van der Waals surface area contributed by atoms with Crippen molar-refractivity contribution >= 4 is 0 Å². The van der Waals surface area contributed by atoms with E-state index in [1.165, 1.54) is 0 Å². The molecule has 0 bridgehead atoms. The van der Waals surface area contributed by atoms with Gasteiger partial charge in [0.15, 0.2) is 0 Å². The van der Waals surface area contributed by atoms with E-state index in [0.717, 1.165) is 5.56 Å². The first-order chi connectivity index (χ1) is 9.25. The van der Waals surface area contributed by atoms with Gasteiger partial charge in [-0.05, 0) is 12.5 Å². The molecule has 2 heterocycles. The van der Waals surface area contributed by atoms with E-state index in [9.17, 15) is 0 Å². The highest BCUT2D eigenvalue weighted by Crippen LogP contribution is 2.25. The van der Waals surface area contributed by atoms with E-state index in [4.69, 9.17) is 14.7 Å². The van der Waals surface area contributed by atoms with E-state index in [1.807, 2.05) is 30.3 Å². The number of hydrogen-bond acceptors (Lipinski definition) is 6. The summed E-state index contributed by atoms with van der Waals surface area (Å²) in [5.74, 6) is 1.35. The Morgan fingerprint density at radius 2 is 1.95 bits per heavy atom. The summed E-state index contributed by atoms with van der Waals surface area (Å²) >= 11 is 0. The third kappa shape index (κ3) is 2.13. The largest absolute Gasteiger partial charge is 0.418 e. The van der Waals surface area contributed by atoms with Gasteiger partial charge in [0.05, 0.1) is 6.20 Å². The van der Waals surface area contributed by atoms with Gasteiger partial charge in [0.25, 0.3) is 5.89 Å². The first-order valence-corrected chi connectivity index (χ1v) is 5.81. The van der Waals surface area contributed by atoms with E-state index in [2.05, 4.69) is 15.4 Å². The summed E-state index contributed by atoms with van der Waals surface area (Å²) in [6.07, 6.45) is 1.54. The summed E-state index contributed by atoms with van der Waals surface area (Å²) in [6.45, 7) is 1.78. The summed E-state index contributed by atoms with van der Waals surface area (Å²) in [4.78, 5) is 0. The van der Waals surface area contributed by atoms with Crippen molar-refractivity contribution in [3.05, 3.63) is 53.7 Å². The van der Waals surface area contributed by atoms with Crippen LogP contribution in [-0.4, -0.2) is 15.4 Å². The normalized spacial score (nSPS) is 12.5. The zero-order valence-corrected chi connectivity index (χ0v) is 10.3. The third-order valence-electron chi connectivity index (χ3n) is 2.85. The van der Waals surface area contributed by atoms with Crippen LogP contribution in [0.4, 0.5) is 0 Å². The highest BCUT2D eigenvalue weighted by atomic mass is 16.5. The van der Waals surface area contributed by atoms with E-state index in [1.54, 1.807) is 13.1 Å². The minimum atomic E-state index is -0.442. The number of nitrogens with zero attached hydrogens (tertiary/aromatic N) is 3. The van der Waals surface area contributed by atoms with E-state index < -0.39 is 6.04 Å². The van der Waals surface area contributed by atoms with Crippen LogP contribution in [0.1, 0.15) is 23.3 Å². The third-order valence-corrected chi connectivity index (χ3v) is 2.85. The van der Waals surface area contributed by atoms with Gasteiger partial charge in [-0.25, -0.2) is 0 Å². The first-order valence-electron chi connectivity index (χ1n) is 5.81. The molecule has 0 aliphatic heterocycles. The molecule has 0 radical (unpaired) electrons. The Kier molecular flexibility index (Phi) is 2.85. The summed E-state index contributed by atoms with van der Waals surface area (Å²) in [7, 11) is 0. The maximum atomic E-state index is 6.09. The molecular weight excluding hydrogens is 244 g/mol. The minimum Gasteiger partial charge on any atom is -0.418 e. The van der Waals surface area contributed by atoms with Crippen LogP contribution in [0.2, 0.25) is 0 Å². The van der Waals surface area contributed by atoms with Crippen LogP contribution in [-0.2, 0) is 0 Å². The molecule has 6 nitrogen and oxygen atoms in total. The Morgan fingerprint density at radius 3 is 2.63 bits per heavy atom. The van der Waals surface area contributed by atoms with Gasteiger partial charge in [0.2, 0.25) is 5.89 Å². The zero-order valence-electron chi connectivity index (χ0n) is 10.3. The molecule has 0 spiro atoms. The van der Waals surface area contributed by atoms with E-state index in [-0.39, 0.29) is 0 Å². The number of aryl methyl sites for hydroxylation is 1. The molecule has 1 atom stereocenters. The summed E-state index contributed by atoms with van der Waals surface area (Å²) in [6, 6.07) is 9.14. The van der Waals surface area contributed by atoms with Gasteiger partial charge >= 0.3 is 0 Å². The lowest BCUT2D eigenvalue weighted by molar-refractivity contribution is 0.397. The molecule has 96 valence electrons. The molecule has 1 aromatic carbocycles. The predicted molar refractivity (Wildman–Crippen MR) is 67.0 cm³/mol. The van der Waals surface area contributed by atoms with Gasteiger partial charge in [0.1, 0.15) is 17.4 Å². The molecule has 2 aromatic heterocycles. The Balaban J connectivity index is 1.92. The Hall–Kier alpha value is -2.47. The second-order valence-corrected chi connectivity index (χ2v) is 4.13. The van der Waals surface area contributed by atoms with Crippen LogP contribution in [0.25, 0.3) is 11.5 Å². The molecule has 6 heteroatoms. The van der Waals surface area contributed by atoms with Gasteiger partial charge in [-0.1, -0.05) is 35.5 Å². The number of hydrogen-bond donors (Lipinski definition) is 1. The fraction of sp³-hybridized carbons (Fsp3) is 0.154. The number of nitrogens with two attached hydrogens (primary N) is 1. The summed E-state index contributed by atoms with van der Waals surface area (Å²) in [5, 5.41) is 11.6. The van der Waals surface area contributed by atoms with Gasteiger partial charge < -0.3 is 14.7 Å². The maximum Gasteiger partial charge on any atom is 0.253 e. The fourth-order valence-electron chi connectivity index (χ4n) is 1.78. The van der Waals surface area contributed by atoms with Crippen molar-refractivity contribution in [2.75, 3.05) is 0 Å². The van der Waals surface area contributed by atoms with Crippen LogP contribution in [0.5, 0.6) is 0 Å². The first kappa shape index (κ1) is 11.6. The fourth-order valence-corrected chi connectivity index (χ4v) is 1.78. The molecule has 0 saturated heterocycles. The second kappa shape index (κ2) is 4.66. The lowest BCUT2D eigenvalue weighted by Gasteiger charge is -2.05. The van der Waals surface area contributed by atoms with Crippen LogP contribution in [0.15, 0.2) is 45.5 Å². The van der Waals surface area contributed by atoms with Gasteiger partial charge in [-0.2, -0.15) is 0 Å². The highest BCUT2D eigenvalue weighted by Gasteiger charge is 2.19. The highest BCUT2D eigenvalue weighted by molar-refractivity contribution is 5.53. The maximum absolute atomic E-state index is 6.09. The lowest BCUT2D eigenvalue weighted by atomic mass is 10.1. The van der Waals surface area contributed by atoms with Gasteiger partial charge in [-0.3, -0.25) is 0 Å². The van der Waals surface area contributed by atoms with Crippen molar-refractivity contribution in [3.8, 4) is 11.5 Å². The molecule has 3 rings (SSSR count). The minimum absolute atomic E-state index is 0.361. The van der Waals surface area contributed by atoms with Crippen LogP contribution in [0.3, 0.4) is 0 Å². The molecule has 19 heavy (non-hydrogen) atoms. The molecule has 3 aromatic rings. The molecule has 2 N–H and O–H groups in total. The van der Waals surface area contributed by atoms with Crippen molar-refractivity contribution < 1.29 is 8.94 Å². The zero-order chi connectivity index (χ0) is 13.2. The van der Waals surface area contributed by atoms with E-state index >= 15 is 0 Å². The Morgan fingerprint density at radius 1 is 1.16 bits per heavy atom. The predicted octanol–water partition coefficient (Wildman–Crippen LogP) is 2.08. The van der Waals surface area contributed by atoms with Gasteiger partial charge in [0, 0.05) is 0 Å². The average Bonchev–Trinajstić information content (AvgIpc) is 3.07. The molecular formula is C13H12N4O2. The van der Waals surface area contributed by atoms with Crippen LogP contribution < -0.4 is 5.73 Å². The average molecular weight is 256 g/mol. The number of rotatable bonds is 3. The second-order valence-electron chi connectivity index (χ2n) is 4.13. The molecule has 1 unspecified atom stereocenters. The number of aromatic nitrogens is 3. The molecule has 0 aliphatic carbocycles. The van der Waals surface area contributed by atoms with Crippen molar-refractivity contribution in [3.63, 3.8) is 0 Å². The van der Waals surface area contributed by atoms with Crippen LogP contribution in [0, 0.1) is 6.92 Å². The molecule has 0 amide bonds.